The number of thioether (sulfide) groups is 1. The van der Waals surface area contributed by atoms with E-state index in [1.54, 1.807) is 25.5 Å². The highest BCUT2D eigenvalue weighted by Gasteiger charge is 2.20. The number of aromatic nitrogens is 3. The summed E-state index contributed by atoms with van der Waals surface area (Å²) >= 11 is 6.89. The topological polar surface area (TPSA) is 86.1 Å². The van der Waals surface area contributed by atoms with Crippen LogP contribution >= 0.6 is 23.4 Å². The van der Waals surface area contributed by atoms with Gasteiger partial charge in [-0.2, -0.15) is 0 Å². The van der Waals surface area contributed by atoms with E-state index in [0.29, 0.717) is 23.3 Å². The van der Waals surface area contributed by atoms with E-state index in [4.69, 9.17) is 16.3 Å². The van der Waals surface area contributed by atoms with E-state index in [0.717, 1.165) is 0 Å². The zero-order valence-corrected chi connectivity index (χ0v) is 16.0. The Morgan fingerprint density at radius 3 is 2.81 bits per heavy atom. The second kappa shape index (κ2) is 9.00. The highest BCUT2D eigenvalue weighted by Crippen LogP contribution is 2.24. The molecule has 10 heteroatoms. The number of carbonyl (C=O) groups is 2. The van der Waals surface area contributed by atoms with Gasteiger partial charge in [-0.05, 0) is 32.0 Å². The second-order valence-corrected chi connectivity index (χ2v) is 7.03. The van der Waals surface area contributed by atoms with Crippen molar-refractivity contribution in [2.75, 3.05) is 11.9 Å². The molecule has 0 spiro atoms. The average Bonchev–Trinajstić information content (AvgIpc) is 2.91. The number of rotatable bonds is 7. The maximum Gasteiger partial charge on any atom is 0.313 e. The Hall–Kier alpha value is -2.13. The van der Waals surface area contributed by atoms with Crippen LogP contribution in [0.5, 0.6) is 0 Å². The fourth-order valence-electron chi connectivity index (χ4n) is 1.97. The van der Waals surface area contributed by atoms with Crippen LogP contribution in [-0.4, -0.2) is 38.5 Å². The molecule has 0 saturated heterocycles. The number of carbonyl (C=O) groups excluding carboxylic acids is 2. The lowest BCUT2D eigenvalue weighted by Gasteiger charge is -2.12. The lowest BCUT2D eigenvalue weighted by molar-refractivity contribution is -0.142. The van der Waals surface area contributed by atoms with Crippen molar-refractivity contribution in [3.8, 4) is 0 Å². The first kappa shape index (κ1) is 20.2. The van der Waals surface area contributed by atoms with Gasteiger partial charge in [0, 0.05) is 12.7 Å². The molecule has 1 atom stereocenters. The van der Waals surface area contributed by atoms with E-state index >= 15 is 0 Å². The molecule has 1 amide bonds. The summed E-state index contributed by atoms with van der Waals surface area (Å²) in [5.74, 6) is -0.796. The Balaban J connectivity index is 1.99. The van der Waals surface area contributed by atoms with E-state index in [1.807, 2.05) is 0 Å². The van der Waals surface area contributed by atoms with Crippen molar-refractivity contribution in [1.82, 2.24) is 14.8 Å². The van der Waals surface area contributed by atoms with Gasteiger partial charge in [-0.3, -0.25) is 9.59 Å². The minimum absolute atomic E-state index is 0.00650. The van der Waals surface area contributed by atoms with Crippen LogP contribution in [0, 0.1) is 5.82 Å². The summed E-state index contributed by atoms with van der Waals surface area (Å²) in [6.07, 6.45) is 0.00650. The van der Waals surface area contributed by atoms with Crippen LogP contribution in [0.4, 0.5) is 10.1 Å². The molecule has 0 aliphatic rings. The first-order chi connectivity index (χ1) is 12.3. The predicted octanol–water partition coefficient (Wildman–Crippen LogP) is 2.83. The molecular weight excluding hydrogens is 383 g/mol. The van der Waals surface area contributed by atoms with Gasteiger partial charge in [0.1, 0.15) is 18.1 Å². The predicted molar refractivity (Wildman–Crippen MR) is 96.7 cm³/mol. The molecule has 7 nitrogen and oxygen atoms in total. The molecule has 0 aliphatic carbocycles. The Bertz CT molecular complexity index is 815. The van der Waals surface area contributed by atoms with Crippen molar-refractivity contribution in [2.45, 2.75) is 30.7 Å². The van der Waals surface area contributed by atoms with Crippen LogP contribution in [-0.2, 0) is 27.8 Å². The van der Waals surface area contributed by atoms with Gasteiger partial charge >= 0.3 is 5.97 Å². The lowest BCUT2D eigenvalue weighted by atomic mass is 10.3. The van der Waals surface area contributed by atoms with Gasteiger partial charge in [-0.1, -0.05) is 23.4 Å². The summed E-state index contributed by atoms with van der Waals surface area (Å²) in [6, 6.07) is 3.95. The van der Waals surface area contributed by atoms with E-state index in [-0.39, 0.29) is 17.4 Å². The number of esters is 1. The summed E-state index contributed by atoms with van der Waals surface area (Å²) in [5.41, 5.74) is 0.398. The van der Waals surface area contributed by atoms with Crippen LogP contribution in [0.15, 0.2) is 23.4 Å². The first-order valence-corrected chi connectivity index (χ1v) is 9.04. The van der Waals surface area contributed by atoms with Crippen LogP contribution in [0.25, 0.3) is 0 Å². The Morgan fingerprint density at radius 1 is 1.42 bits per heavy atom. The number of ether oxygens (including phenoxy) is 1. The van der Waals surface area contributed by atoms with Crippen LogP contribution in [0.2, 0.25) is 5.02 Å². The number of halogens is 2. The van der Waals surface area contributed by atoms with E-state index in [9.17, 15) is 14.0 Å². The van der Waals surface area contributed by atoms with E-state index in [1.165, 1.54) is 30.0 Å². The minimum atomic E-state index is -0.555. The van der Waals surface area contributed by atoms with Gasteiger partial charge in [0.2, 0.25) is 5.91 Å². The Labute approximate surface area is 159 Å². The highest BCUT2D eigenvalue weighted by molar-refractivity contribution is 8.00. The third kappa shape index (κ3) is 5.18. The van der Waals surface area contributed by atoms with Crippen molar-refractivity contribution >= 4 is 40.9 Å². The fraction of sp³-hybridized carbons (Fsp3) is 0.375. The highest BCUT2D eigenvalue weighted by atomic mass is 35.5. The fourth-order valence-corrected chi connectivity index (χ4v) is 2.99. The zero-order valence-electron chi connectivity index (χ0n) is 14.5. The number of hydrogen-bond donors (Lipinski definition) is 1. The van der Waals surface area contributed by atoms with Crippen LogP contribution < -0.4 is 5.32 Å². The summed E-state index contributed by atoms with van der Waals surface area (Å²) < 4.78 is 19.7. The molecule has 0 fully saturated rings. The zero-order chi connectivity index (χ0) is 19.3. The summed E-state index contributed by atoms with van der Waals surface area (Å²) in [6.45, 7) is 3.72. The molecular formula is C16H18ClFN4O3S. The Kier molecular flexibility index (Phi) is 6.98. The summed E-state index contributed by atoms with van der Waals surface area (Å²) in [7, 11) is 1.71. The maximum absolute atomic E-state index is 13.2. The van der Waals surface area contributed by atoms with Gasteiger partial charge < -0.3 is 14.6 Å². The molecule has 1 heterocycles. The smallest absolute Gasteiger partial charge is 0.313 e. The van der Waals surface area contributed by atoms with Gasteiger partial charge in [0.05, 0.1) is 16.9 Å². The summed E-state index contributed by atoms with van der Waals surface area (Å²) in [4.78, 5) is 23.8. The van der Waals surface area contributed by atoms with Crippen molar-refractivity contribution in [3.63, 3.8) is 0 Å². The molecule has 0 saturated carbocycles. The van der Waals surface area contributed by atoms with Crippen LogP contribution in [0.1, 0.15) is 19.7 Å². The monoisotopic (exact) mass is 400 g/mol. The molecule has 2 rings (SSSR count). The van der Waals surface area contributed by atoms with Crippen molar-refractivity contribution in [2.24, 2.45) is 7.05 Å². The molecule has 1 N–H and O–H groups in total. The van der Waals surface area contributed by atoms with Gasteiger partial charge in [0.15, 0.2) is 5.16 Å². The molecule has 1 aromatic carbocycles. The average molecular weight is 401 g/mol. The number of benzene rings is 1. The molecule has 0 unspecified atom stereocenters. The number of anilines is 1. The van der Waals surface area contributed by atoms with Gasteiger partial charge in [-0.25, -0.2) is 4.39 Å². The number of hydrogen-bond acceptors (Lipinski definition) is 6. The molecule has 0 aliphatic heterocycles. The second-order valence-electron chi connectivity index (χ2n) is 5.32. The first-order valence-electron chi connectivity index (χ1n) is 7.78. The standard InChI is InChI=1S/C16H18ClFN4O3S/c1-4-25-14(23)8-13-20-21-16(22(13)3)26-9(2)15(24)19-10-5-6-12(18)11(17)7-10/h5-7,9H,4,8H2,1-3H3,(H,19,24)/t9-/m1/s1. The molecule has 0 radical (unpaired) electrons. The largest absolute Gasteiger partial charge is 0.466 e. The third-order valence-corrected chi connectivity index (χ3v) is 4.80. The molecule has 2 aromatic rings. The van der Waals surface area contributed by atoms with Gasteiger partial charge in [-0.15, -0.1) is 10.2 Å². The molecule has 26 heavy (non-hydrogen) atoms. The number of nitrogens with zero attached hydrogens (tertiary/aromatic N) is 3. The third-order valence-electron chi connectivity index (χ3n) is 3.37. The lowest BCUT2D eigenvalue weighted by Crippen LogP contribution is -2.23. The van der Waals surface area contributed by atoms with Crippen molar-refractivity contribution in [1.29, 1.82) is 0 Å². The van der Waals surface area contributed by atoms with E-state index < -0.39 is 17.0 Å². The van der Waals surface area contributed by atoms with Crippen molar-refractivity contribution < 1.29 is 18.7 Å². The molecule has 1 aromatic heterocycles. The number of nitrogens with one attached hydrogen (secondary N) is 1. The Morgan fingerprint density at radius 2 is 2.15 bits per heavy atom. The van der Waals surface area contributed by atoms with Crippen molar-refractivity contribution in [3.05, 3.63) is 34.9 Å². The molecule has 0 bridgehead atoms. The maximum atomic E-state index is 13.2. The normalized spacial score (nSPS) is 11.9. The molecule has 140 valence electrons. The summed E-state index contributed by atoms with van der Waals surface area (Å²) in [5, 5.41) is 10.5. The quantitative estimate of drug-likeness (QED) is 0.568. The van der Waals surface area contributed by atoms with Crippen LogP contribution in [0.3, 0.4) is 0 Å². The van der Waals surface area contributed by atoms with Gasteiger partial charge in [0.25, 0.3) is 0 Å². The SMILES string of the molecule is CCOC(=O)Cc1nnc(S[C@H](C)C(=O)Nc2ccc(F)c(Cl)c2)n1C. The number of amides is 1. The van der Waals surface area contributed by atoms with E-state index in [2.05, 4.69) is 15.5 Å². The minimum Gasteiger partial charge on any atom is -0.466 e.